The van der Waals surface area contributed by atoms with E-state index in [0.717, 1.165) is 0 Å². The Morgan fingerprint density at radius 2 is 2.33 bits per heavy atom. The Hall–Kier alpha value is -0.173. The Balaban J connectivity index is 2.51. The van der Waals surface area contributed by atoms with Crippen LogP contribution in [0, 0.1) is 0 Å². The average Bonchev–Trinajstić information content (AvgIpc) is 2.24. The summed E-state index contributed by atoms with van der Waals surface area (Å²) in [6.45, 7) is 4.81. The Bertz CT molecular complexity index is 187. The van der Waals surface area contributed by atoms with Crippen LogP contribution < -0.4 is 0 Å². The Morgan fingerprint density at radius 1 is 1.56 bits per heavy atom. The zero-order chi connectivity index (χ0) is 6.48. The van der Waals surface area contributed by atoms with Crippen LogP contribution in [0.3, 0.4) is 0 Å². The van der Waals surface area contributed by atoms with Crippen LogP contribution in [0.5, 0.6) is 0 Å². The molecule has 0 atom stereocenters. The number of hydrogen-bond donors (Lipinski definition) is 0. The highest BCUT2D eigenvalue weighted by molar-refractivity contribution is 6.73. The van der Waals surface area contributed by atoms with E-state index in [9.17, 15) is 0 Å². The second kappa shape index (κ2) is 1.46. The number of rotatable bonds is 0. The highest BCUT2D eigenvalue weighted by Crippen LogP contribution is 2.47. The Kier molecular flexibility index (Phi) is 0.906. The monoisotopic (exact) mass is 136 g/mol. The minimum atomic E-state index is -0.0712. The maximum atomic E-state index is 2.48. The van der Waals surface area contributed by atoms with Gasteiger partial charge in [-0.25, -0.2) is 0 Å². The molecule has 1 heteroatoms. The summed E-state index contributed by atoms with van der Waals surface area (Å²) in [5.41, 5.74) is 4.19. The number of fused-ring (bicyclic) bond motifs is 2. The molecule has 0 saturated carbocycles. The first-order valence-corrected chi connectivity index (χ1v) is 5.40. The molecule has 2 rings (SSSR count). The summed E-state index contributed by atoms with van der Waals surface area (Å²) in [5, 5.41) is 0.630. The van der Waals surface area contributed by atoms with Gasteiger partial charge in [0.15, 0.2) is 0 Å². The van der Waals surface area contributed by atoms with E-state index >= 15 is 0 Å². The molecule has 0 nitrogen and oxygen atoms in total. The molecular formula is C8H12Si. The van der Waals surface area contributed by atoms with Gasteiger partial charge in [-0.2, -0.15) is 0 Å². The van der Waals surface area contributed by atoms with E-state index in [1.807, 2.05) is 0 Å². The van der Waals surface area contributed by atoms with E-state index in [4.69, 9.17) is 0 Å². The predicted octanol–water partition coefficient (Wildman–Crippen LogP) is 1.99. The SMILES string of the molecule is CC1(C)C2=CC=[Si]1CC2. The van der Waals surface area contributed by atoms with Gasteiger partial charge in [0.25, 0.3) is 0 Å². The van der Waals surface area contributed by atoms with Crippen LogP contribution in [-0.2, 0) is 0 Å². The summed E-state index contributed by atoms with van der Waals surface area (Å²) in [7, 11) is -0.0712. The standard InChI is InChI=1S/C8H12Si/c1-8(2)7-3-5-9(8)6-4-7/h3,5H,4,6H2,1-2H3. The fourth-order valence-electron chi connectivity index (χ4n) is 1.89. The average molecular weight is 136 g/mol. The van der Waals surface area contributed by atoms with Crippen molar-refractivity contribution in [3.05, 3.63) is 11.6 Å². The molecule has 1 saturated heterocycles. The molecule has 2 aliphatic heterocycles. The fraction of sp³-hybridized carbons (Fsp3) is 0.625. The molecule has 0 aliphatic carbocycles. The van der Waals surface area contributed by atoms with Gasteiger partial charge in [-0.3, -0.25) is 0 Å². The lowest BCUT2D eigenvalue weighted by atomic mass is 10.0. The zero-order valence-corrected chi connectivity index (χ0v) is 7.07. The third-order valence-electron chi connectivity index (χ3n) is 2.75. The van der Waals surface area contributed by atoms with Crippen LogP contribution in [0.25, 0.3) is 0 Å². The van der Waals surface area contributed by atoms with Crippen molar-refractivity contribution in [2.45, 2.75) is 31.4 Å². The van der Waals surface area contributed by atoms with Crippen LogP contribution in [0.15, 0.2) is 11.6 Å². The van der Waals surface area contributed by atoms with Crippen LogP contribution in [0.2, 0.25) is 11.1 Å². The topological polar surface area (TPSA) is 0 Å². The first kappa shape index (κ1) is 5.60. The van der Waals surface area contributed by atoms with Crippen molar-refractivity contribution in [3.63, 3.8) is 0 Å². The maximum Gasteiger partial charge on any atom is 0.0203 e. The second-order valence-electron chi connectivity index (χ2n) is 3.51. The molecule has 9 heavy (non-hydrogen) atoms. The molecule has 0 aromatic heterocycles. The van der Waals surface area contributed by atoms with Crippen molar-refractivity contribution in [1.29, 1.82) is 0 Å². The van der Waals surface area contributed by atoms with Crippen LogP contribution >= 0.6 is 0 Å². The van der Waals surface area contributed by atoms with Gasteiger partial charge in [0.05, 0.1) is 0 Å². The summed E-state index contributed by atoms with van der Waals surface area (Å²) >= 11 is 0. The molecular weight excluding hydrogens is 124 g/mol. The molecule has 0 spiro atoms. The Morgan fingerprint density at radius 3 is 2.44 bits per heavy atom. The van der Waals surface area contributed by atoms with Crippen molar-refractivity contribution in [2.75, 3.05) is 0 Å². The van der Waals surface area contributed by atoms with Crippen LogP contribution in [-0.4, -0.2) is 14.1 Å². The number of allylic oxidation sites excluding steroid dienone is 2. The van der Waals surface area contributed by atoms with Crippen molar-refractivity contribution in [2.24, 2.45) is 0 Å². The molecule has 48 valence electrons. The summed E-state index contributed by atoms with van der Waals surface area (Å²) in [6.07, 6.45) is 3.77. The first-order valence-electron chi connectivity index (χ1n) is 3.62. The van der Waals surface area contributed by atoms with E-state index in [1.54, 1.807) is 5.57 Å². The van der Waals surface area contributed by atoms with Gasteiger partial charge < -0.3 is 0 Å². The summed E-state index contributed by atoms with van der Waals surface area (Å²) in [4.78, 5) is 0. The Labute approximate surface area is 57.8 Å². The van der Waals surface area contributed by atoms with Crippen molar-refractivity contribution < 1.29 is 0 Å². The smallest absolute Gasteiger partial charge is 0.0203 e. The lowest BCUT2D eigenvalue weighted by Crippen LogP contribution is -2.10. The minimum Gasteiger partial charge on any atom is -0.0809 e. The molecule has 0 N–H and O–H groups in total. The zero-order valence-electron chi connectivity index (χ0n) is 6.07. The van der Waals surface area contributed by atoms with E-state index in [-0.39, 0.29) is 8.41 Å². The van der Waals surface area contributed by atoms with Gasteiger partial charge >= 0.3 is 0 Å². The molecule has 0 aromatic carbocycles. The van der Waals surface area contributed by atoms with E-state index in [2.05, 4.69) is 25.6 Å². The van der Waals surface area contributed by atoms with Gasteiger partial charge in [-0.1, -0.05) is 31.2 Å². The molecule has 2 bridgehead atoms. The predicted molar refractivity (Wildman–Crippen MR) is 43.4 cm³/mol. The third kappa shape index (κ3) is 0.558. The summed E-state index contributed by atoms with van der Waals surface area (Å²) < 4.78 is 0. The molecule has 2 heterocycles. The van der Waals surface area contributed by atoms with Gasteiger partial charge in [0.1, 0.15) is 0 Å². The van der Waals surface area contributed by atoms with Gasteiger partial charge in [0, 0.05) is 8.41 Å². The lowest BCUT2D eigenvalue weighted by molar-refractivity contribution is 0.797. The van der Waals surface area contributed by atoms with Crippen molar-refractivity contribution in [3.8, 4) is 0 Å². The first-order chi connectivity index (χ1) is 4.21. The fourth-order valence-corrected chi connectivity index (χ4v) is 4.66. The highest BCUT2D eigenvalue weighted by atomic mass is 28.2. The van der Waals surface area contributed by atoms with E-state index in [0.29, 0.717) is 5.04 Å². The van der Waals surface area contributed by atoms with Crippen LogP contribution in [0.4, 0.5) is 0 Å². The largest absolute Gasteiger partial charge is 0.0809 e. The molecule has 1 fully saturated rings. The molecule has 0 radical (unpaired) electrons. The van der Waals surface area contributed by atoms with Gasteiger partial charge in [-0.05, 0) is 17.5 Å². The van der Waals surface area contributed by atoms with Crippen LogP contribution in [0.1, 0.15) is 20.3 Å². The molecule has 2 aliphatic rings. The van der Waals surface area contributed by atoms with Gasteiger partial charge in [0.2, 0.25) is 0 Å². The minimum absolute atomic E-state index is 0.0712. The highest BCUT2D eigenvalue weighted by Gasteiger charge is 2.36. The quantitative estimate of drug-likeness (QED) is 0.447. The third-order valence-corrected chi connectivity index (χ3v) is 6.04. The second-order valence-corrected chi connectivity index (χ2v) is 6.64. The normalized spacial score (nSPS) is 28.2. The molecule has 0 unspecified atom stereocenters. The van der Waals surface area contributed by atoms with E-state index < -0.39 is 0 Å². The number of hydrogen-bond acceptors (Lipinski definition) is 0. The summed E-state index contributed by atoms with van der Waals surface area (Å²) in [5.74, 6) is 0. The van der Waals surface area contributed by atoms with Crippen molar-refractivity contribution >= 4 is 14.1 Å². The lowest BCUT2D eigenvalue weighted by Gasteiger charge is -2.16. The summed E-state index contributed by atoms with van der Waals surface area (Å²) in [6, 6.07) is 1.50. The molecule has 0 amide bonds. The molecule has 0 aromatic rings. The van der Waals surface area contributed by atoms with Crippen molar-refractivity contribution in [1.82, 2.24) is 0 Å². The van der Waals surface area contributed by atoms with E-state index in [1.165, 1.54) is 12.5 Å². The maximum absolute atomic E-state index is 2.48. The van der Waals surface area contributed by atoms with Gasteiger partial charge in [-0.15, -0.1) is 0 Å².